The second kappa shape index (κ2) is 6.38. The third kappa shape index (κ3) is 2.83. The van der Waals surface area contributed by atoms with Crippen LogP contribution < -0.4 is 10.1 Å². The fourth-order valence-electron chi connectivity index (χ4n) is 2.76. The number of allylic oxidation sites excluding steroid dienone is 1. The van der Waals surface area contributed by atoms with Crippen LogP contribution in [0.5, 0.6) is 5.75 Å². The lowest BCUT2D eigenvalue weighted by atomic mass is 10.0. The number of benzene rings is 2. The van der Waals surface area contributed by atoms with Gasteiger partial charge in [-0.15, -0.1) is 0 Å². The maximum atomic E-state index is 6.41. The van der Waals surface area contributed by atoms with Crippen molar-refractivity contribution < 1.29 is 4.74 Å². The number of hydrogen-bond donors (Lipinski definition) is 1. The fraction of sp³-hybridized carbons (Fsp3) is 0.118. The first kappa shape index (κ1) is 15.9. The number of nitrogens with zero attached hydrogens (tertiary/aromatic N) is 4. The first-order chi connectivity index (χ1) is 12.2. The lowest BCUT2D eigenvalue weighted by Gasteiger charge is -2.24. The van der Waals surface area contributed by atoms with Crippen molar-refractivity contribution in [2.75, 3.05) is 12.4 Å². The molecule has 6 nitrogen and oxygen atoms in total. The monoisotopic (exact) mass is 373 g/mol. The van der Waals surface area contributed by atoms with E-state index in [1.807, 2.05) is 42.5 Å². The van der Waals surface area contributed by atoms with Crippen molar-refractivity contribution in [3.05, 3.63) is 69.7 Å². The minimum Gasteiger partial charge on any atom is -0.497 e. The second-order valence-electron chi connectivity index (χ2n) is 5.47. The van der Waals surface area contributed by atoms with Gasteiger partial charge in [0.2, 0.25) is 5.95 Å². The van der Waals surface area contributed by atoms with Crippen molar-refractivity contribution >= 4 is 34.8 Å². The van der Waals surface area contributed by atoms with Gasteiger partial charge in [-0.25, -0.2) is 0 Å². The Labute approximate surface area is 154 Å². The number of aromatic nitrogens is 4. The number of fused-ring (bicyclic) bond motifs is 1. The summed E-state index contributed by atoms with van der Waals surface area (Å²) in [5.41, 5.74) is 2.69. The Hall–Kier alpha value is -2.57. The second-order valence-corrected chi connectivity index (χ2v) is 6.25. The largest absolute Gasteiger partial charge is 0.497 e. The molecular weight excluding hydrogens is 361 g/mol. The van der Waals surface area contributed by atoms with Crippen LogP contribution in [0.25, 0.3) is 5.70 Å². The maximum Gasteiger partial charge on any atom is 0.248 e. The number of anilines is 1. The minimum atomic E-state index is -0.269. The van der Waals surface area contributed by atoms with E-state index in [2.05, 4.69) is 20.8 Å². The van der Waals surface area contributed by atoms with Gasteiger partial charge in [0.1, 0.15) is 11.8 Å². The highest BCUT2D eigenvalue weighted by molar-refractivity contribution is 6.42. The molecule has 1 aliphatic rings. The Morgan fingerprint density at radius 2 is 1.92 bits per heavy atom. The number of halogens is 2. The highest BCUT2D eigenvalue weighted by Crippen LogP contribution is 2.37. The summed E-state index contributed by atoms with van der Waals surface area (Å²) in [5, 5.41) is 16.1. The number of ether oxygens (including phenoxy) is 1. The summed E-state index contributed by atoms with van der Waals surface area (Å²) in [6.45, 7) is 0. The molecule has 1 aliphatic heterocycles. The first-order valence-electron chi connectivity index (χ1n) is 7.52. The molecule has 3 aromatic rings. The van der Waals surface area contributed by atoms with Crippen LogP contribution in [0, 0.1) is 0 Å². The fourth-order valence-corrected chi connectivity index (χ4v) is 3.18. The summed E-state index contributed by atoms with van der Waals surface area (Å²) in [4.78, 5) is 0. The molecule has 0 spiro atoms. The third-order valence-corrected chi connectivity index (χ3v) is 4.86. The van der Waals surface area contributed by atoms with E-state index < -0.39 is 0 Å². The van der Waals surface area contributed by atoms with Crippen LogP contribution in [-0.4, -0.2) is 27.3 Å². The molecule has 2 aromatic carbocycles. The van der Waals surface area contributed by atoms with E-state index in [0.717, 1.165) is 22.6 Å². The van der Waals surface area contributed by atoms with Gasteiger partial charge in [0, 0.05) is 11.3 Å². The summed E-state index contributed by atoms with van der Waals surface area (Å²) in [5.74, 6) is 1.33. The Morgan fingerprint density at radius 3 is 2.68 bits per heavy atom. The highest BCUT2D eigenvalue weighted by Gasteiger charge is 2.26. The molecule has 4 rings (SSSR count). The van der Waals surface area contributed by atoms with Gasteiger partial charge in [0.25, 0.3) is 0 Å². The third-order valence-electron chi connectivity index (χ3n) is 4.03. The van der Waals surface area contributed by atoms with Crippen LogP contribution in [0.15, 0.2) is 48.5 Å². The standard InChI is InChI=1S/C17H13Cl2N5O/c1-25-11-7-5-10(6-8-11)14-9-15(24-17(20-14)21-22-23-24)12-3-2-4-13(18)16(12)19/h2-9,15H,1H3,(H,20,21,23)/t15-/m0/s1. The summed E-state index contributed by atoms with van der Waals surface area (Å²) in [6, 6.07) is 13.0. The molecule has 0 amide bonds. The zero-order valence-electron chi connectivity index (χ0n) is 13.1. The van der Waals surface area contributed by atoms with Crippen molar-refractivity contribution in [3.8, 4) is 5.75 Å². The van der Waals surface area contributed by atoms with Crippen LogP contribution in [0.1, 0.15) is 17.2 Å². The molecule has 0 saturated heterocycles. The average molecular weight is 374 g/mol. The Balaban J connectivity index is 1.81. The molecule has 25 heavy (non-hydrogen) atoms. The number of rotatable bonds is 3. The molecule has 0 aliphatic carbocycles. The van der Waals surface area contributed by atoms with Gasteiger partial charge < -0.3 is 10.1 Å². The van der Waals surface area contributed by atoms with E-state index >= 15 is 0 Å². The molecule has 2 heterocycles. The van der Waals surface area contributed by atoms with Crippen molar-refractivity contribution in [3.63, 3.8) is 0 Å². The highest BCUT2D eigenvalue weighted by atomic mass is 35.5. The van der Waals surface area contributed by atoms with E-state index in [1.54, 1.807) is 17.9 Å². The van der Waals surface area contributed by atoms with E-state index in [1.165, 1.54) is 0 Å². The maximum absolute atomic E-state index is 6.41. The van der Waals surface area contributed by atoms with E-state index in [-0.39, 0.29) is 6.04 Å². The van der Waals surface area contributed by atoms with Crippen molar-refractivity contribution in [2.45, 2.75) is 6.04 Å². The van der Waals surface area contributed by atoms with Crippen molar-refractivity contribution in [1.29, 1.82) is 0 Å². The SMILES string of the molecule is COc1ccc(C2=C[C@@H](c3cccc(Cl)c3Cl)n3nnnc3N2)cc1. The van der Waals surface area contributed by atoms with Gasteiger partial charge in [0.15, 0.2) is 0 Å². The van der Waals surface area contributed by atoms with Crippen LogP contribution in [-0.2, 0) is 0 Å². The molecule has 126 valence electrons. The Bertz CT molecular complexity index is 952. The van der Waals surface area contributed by atoms with Crippen LogP contribution in [0.4, 0.5) is 5.95 Å². The molecule has 1 aromatic heterocycles. The predicted octanol–water partition coefficient (Wildman–Crippen LogP) is 4.04. The van der Waals surface area contributed by atoms with E-state index in [0.29, 0.717) is 16.0 Å². The summed E-state index contributed by atoms with van der Waals surface area (Å²) < 4.78 is 6.88. The molecule has 0 unspecified atom stereocenters. The molecule has 0 bridgehead atoms. The average Bonchev–Trinajstić information content (AvgIpc) is 3.12. The van der Waals surface area contributed by atoms with Gasteiger partial charge in [-0.2, -0.15) is 4.68 Å². The van der Waals surface area contributed by atoms with Crippen LogP contribution in [0.2, 0.25) is 10.0 Å². The van der Waals surface area contributed by atoms with Crippen LogP contribution in [0.3, 0.4) is 0 Å². The molecule has 0 fully saturated rings. The van der Waals surface area contributed by atoms with E-state index in [4.69, 9.17) is 27.9 Å². The molecule has 8 heteroatoms. The van der Waals surface area contributed by atoms with Crippen molar-refractivity contribution in [2.24, 2.45) is 0 Å². The minimum absolute atomic E-state index is 0.269. The van der Waals surface area contributed by atoms with Crippen molar-refractivity contribution in [1.82, 2.24) is 20.2 Å². The lowest BCUT2D eigenvalue weighted by Crippen LogP contribution is -2.20. The normalized spacial score (nSPS) is 16.0. The number of nitrogens with one attached hydrogen (secondary N) is 1. The summed E-state index contributed by atoms with van der Waals surface area (Å²) >= 11 is 12.6. The quantitative estimate of drug-likeness (QED) is 0.750. The number of hydrogen-bond acceptors (Lipinski definition) is 5. The molecule has 0 radical (unpaired) electrons. The lowest BCUT2D eigenvalue weighted by molar-refractivity contribution is 0.415. The summed E-state index contributed by atoms with van der Waals surface area (Å²) in [7, 11) is 1.64. The topological polar surface area (TPSA) is 64.9 Å². The molecule has 0 saturated carbocycles. The zero-order valence-corrected chi connectivity index (χ0v) is 14.7. The molecule has 1 N–H and O–H groups in total. The zero-order chi connectivity index (χ0) is 17.4. The number of tetrazole rings is 1. The van der Waals surface area contributed by atoms with Gasteiger partial charge in [-0.3, -0.25) is 0 Å². The predicted molar refractivity (Wildman–Crippen MR) is 97.0 cm³/mol. The van der Waals surface area contributed by atoms with Gasteiger partial charge in [0.05, 0.1) is 17.2 Å². The van der Waals surface area contributed by atoms with Crippen LogP contribution >= 0.6 is 23.2 Å². The van der Waals surface area contributed by atoms with E-state index in [9.17, 15) is 0 Å². The molecular formula is C17H13Cl2N5O. The Morgan fingerprint density at radius 1 is 1.12 bits per heavy atom. The first-order valence-corrected chi connectivity index (χ1v) is 8.28. The van der Waals surface area contributed by atoms with Gasteiger partial charge in [-0.1, -0.05) is 40.4 Å². The Kier molecular flexibility index (Phi) is 4.07. The molecule has 1 atom stereocenters. The van der Waals surface area contributed by atoms with Gasteiger partial charge >= 0.3 is 0 Å². The number of methoxy groups -OCH3 is 1. The van der Waals surface area contributed by atoms with Gasteiger partial charge in [-0.05, 0) is 52.4 Å². The summed E-state index contributed by atoms with van der Waals surface area (Å²) in [6.07, 6.45) is 2.02. The smallest absolute Gasteiger partial charge is 0.248 e.